The smallest absolute Gasteiger partial charge is 0.387 e. The molecule has 0 amide bonds. The van der Waals surface area contributed by atoms with E-state index in [1.165, 1.54) is 24.3 Å². The minimum Gasteiger partial charge on any atom is -0.435 e. The Labute approximate surface area is 113 Å². The first-order chi connectivity index (χ1) is 9.08. The molecule has 0 saturated heterocycles. The average Bonchev–Trinajstić information content (AvgIpc) is 2.39. The number of carbonyl (C=O) groups excluding carboxylic acids is 1. The summed E-state index contributed by atoms with van der Waals surface area (Å²) in [5.74, 6) is -0.264. The molecular formula is C14H9ClF2O2. The molecule has 0 spiro atoms. The highest BCUT2D eigenvalue weighted by atomic mass is 35.5. The third-order valence-corrected chi connectivity index (χ3v) is 2.79. The lowest BCUT2D eigenvalue weighted by Crippen LogP contribution is -2.04. The quantitative estimate of drug-likeness (QED) is 0.787. The van der Waals surface area contributed by atoms with E-state index < -0.39 is 6.61 Å². The molecule has 5 heteroatoms. The molecule has 0 unspecified atom stereocenters. The van der Waals surface area contributed by atoms with Crippen LogP contribution in [-0.4, -0.2) is 12.4 Å². The first-order valence-electron chi connectivity index (χ1n) is 5.42. The third kappa shape index (κ3) is 3.29. The topological polar surface area (TPSA) is 26.3 Å². The van der Waals surface area contributed by atoms with E-state index in [4.69, 9.17) is 11.6 Å². The van der Waals surface area contributed by atoms with Crippen molar-refractivity contribution in [3.63, 3.8) is 0 Å². The van der Waals surface area contributed by atoms with E-state index in [0.717, 1.165) is 0 Å². The van der Waals surface area contributed by atoms with E-state index in [-0.39, 0.29) is 11.5 Å². The van der Waals surface area contributed by atoms with Crippen molar-refractivity contribution in [3.8, 4) is 5.75 Å². The number of rotatable bonds is 4. The molecular weight excluding hydrogens is 274 g/mol. The molecule has 0 saturated carbocycles. The lowest BCUT2D eigenvalue weighted by atomic mass is 10.0. The Kier molecular flexibility index (Phi) is 4.12. The van der Waals surface area contributed by atoms with Crippen LogP contribution >= 0.6 is 11.6 Å². The van der Waals surface area contributed by atoms with Crippen molar-refractivity contribution >= 4 is 17.4 Å². The molecule has 0 aliphatic heterocycles. The van der Waals surface area contributed by atoms with E-state index >= 15 is 0 Å². The fourth-order valence-electron chi connectivity index (χ4n) is 1.59. The maximum absolute atomic E-state index is 12.1. The Bertz CT molecular complexity index is 582. The lowest BCUT2D eigenvalue weighted by molar-refractivity contribution is -0.0498. The number of ether oxygens (including phenoxy) is 1. The van der Waals surface area contributed by atoms with Gasteiger partial charge in [0.25, 0.3) is 0 Å². The highest BCUT2D eigenvalue weighted by Gasteiger charge is 2.12. The zero-order chi connectivity index (χ0) is 13.8. The Morgan fingerprint density at radius 1 is 1.05 bits per heavy atom. The van der Waals surface area contributed by atoms with Crippen molar-refractivity contribution in [1.82, 2.24) is 0 Å². The first-order valence-corrected chi connectivity index (χ1v) is 5.80. The van der Waals surface area contributed by atoms with Crippen LogP contribution in [0.4, 0.5) is 8.78 Å². The molecule has 2 aromatic rings. The van der Waals surface area contributed by atoms with Crippen LogP contribution in [-0.2, 0) is 0 Å². The summed E-state index contributed by atoms with van der Waals surface area (Å²) in [4.78, 5) is 12.1. The summed E-state index contributed by atoms with van der Waals surface area (Å²) in [6.07, 6.45) is 0. The van der Waals surface area contributed by atoms with Gasteiger partial charge in [0, 0.05) is 11.1 Å². The van der Waals surface area contributed by atoms with Crippen LogP contribution in [0.2, 0.25) is 5.02 Å². The van der Waals surface area contributed by atoms with Gasteiger partial charge in [-0.2, -0.15) is 8.78 Å². The predicted molar refractivity (Wildman–Crippen MR) is 68.0 cm³/mol. The molecule has 0 bridgehead atoms. The van der Waals surface area contributed by atoms with Gasteiger partial charge >= 0.3 is 6.61 Å². The predicted octanol–water partition coefficient (Wildman–Crippen LogP) is 4.17. The van der Waals surface area contributed by atoms with Gasteiger partial charge in [-0.05, 0) is 36.4 Å². The zero-order valence-corrected chi connectivity index (χ0v) is 10.4. The van der Waals surface area contributed by atoms with Crippen molar-refractivity contribution in [2.75, 3.05) is 0 Å². The molecule has 0 N–H and O–H groups in total. The van der Waals surface area contributed by atoms with Gasteiger partial charge in [-0.3, -0.25) is 4.79 Å². The molecule has 0 atom stereocenters. The minimum atomic E-state index is -2.88. The van der Waals surface area contributed by atoms with E-state index in [1.54, 1.807) is 24.3 Å². The fourth-order valence-corrected chi connectivity index (χ4v) is 1.81. The summed E-state index contributed by atoms with van der Waals surface area (Å²) in [6, 6.07) is 12.1. The van der Waals surface area contributed by atoms with Gasteiger partial charge < -0.3 is 4.74 Å². The number of hydrogen-bond donors (Lipinski definition) is 0. The number of alkyl halides is 2. The number of carbonyl (C=O) groups is 1. The zero-order valence-electron chi connectivity index (χ0n) is 9.65. The Morgan fingerprint density at radius 2 is 1.68 bits per heavy atom. The molecule has 0 radical (unpaired) electrons. The van der Waals surface area contributed by atoms with Crippen molar-refractivity contribution in [1.29, 1.82) is 0 Å². The van der Waals surface area contributed by atoms with Crippen LogP contribution in [0.3, 0.4) is 0 Å². The number of benzene rings is 2. The summed E-state index contributed by atoms with van der Waals surface area (Å²) in [6.45, 7) is -2.88. The van der Waals surface area contributed by atoms with Crippen LogP contribution < -0.4 is 4.74 Å². The summed E-state index contributed by atoms with van der Waals surface area (Å²) < 4.78 is 28.2. The highest BCUT2D eigenvalue weighted by Crippen LogP contribution is 2.21. The van der Waals surface area contributed by atoms with E-state index in [2.05, 4.69) is 4.74 Å². The molecule has 2 nitrogen and oxygen atoms in total. The number of ketones is 1. The van der Waals surface area contributed by atoms with Crippen molar-refractivity contribution < 1.29 is 18.3 Å². The summed E-state index contributed by atoms with van der Waals surface area (Å²) >= 11 is 5.92. The van der Waals surface area contributed by atoms with Gasteiger partial charge in [0.1, 0.15) is 5.75 Å². The Hall–Kier alpha value is -1.94. The van der Waals surface area contributed by atoms with Crippen LogP contribution in [0, 0.1) is 0 Å². The molecule has 0 fully saturated rings. The second-order valence-corrected chi connectivity index (χ2v) is 4.12. The third-order valence-electron chi connectivity index (χ3n) is 2.46. The van der Waals surface area contributed by atoms with Gasteiger partial charge in [-0.25, -0.2) is 0 Å². The number of halogens is 3. The molecule has 0 heterocycles. The Morgan fingerprint density at radius 3 is 2.26 bits per heavy atom. The van der Waals surface area contributed by atoms with Gasteiger partial charge in [-0.15, -0.1) is 0 Å². The van der Waals surface area contributed by atoms with Gasteiger partial charge in [0.05, 0.1) is 5.02 Å². The van der Waals surface area contributed by atoms with Crippen LogP contribution in [0.25, 0.3) is 0 Å². The molecule has 0 aliphatic rings. The number of hydrogen-bond acceptors (Lipinski definition) is 2. The maximum Gasteiger partial charge on any atom is 0.387 e. The molecule has 0 aromatic heterocycles. The minimum absolute atomic E-state index is 0.00529. The molecule has 2 aromatic carbocycles. The largest absolute Gasteiger partial charge is 0.435 e. The average molecular weight is 283 g/mol. The second kappa shape index (κ2) is 5.80. The van der Waals surface area contributed by atoms with E-state index in [1.807, 2.05) is 0 Å². The molecule has 98 valence electrons. The molecule has 19 heavy (non-hydrogen) atoms. The van der Waals surface area contributed by atoms with Crippen LogP contribution in [0.15, 0.2) is 48.5 Å². The summed E-state index contributed by atoms with van der Waals surface area (Å²) in [5, 5.41) is 0.348. The van der Waals surface area contributed by atoms with E-state index in [0.29, 0.717) is 16.1 Å². The second-order valence-electron chi connectivity index (χ2n) is 3.71. The van der Waals surface area contributed by atoms with Gasteiger partial charge in [0.2, 0.25) is 0 Å². The lowest BCUT2D eigenvalue weighted by Gasteiger charge is -2.06. The van der Waals surface area contributed by atoms with Gasteiger partial charge in [-0.1, -0.05) is 23.7 Å². The standard InChI is InChI=1S/C14H9ClF2O2/c15-12-4-2-1-3-11(12)13(18)9-5-7-10(8-6-9)19-14(16)17/h1-8,14H. The highest BCUT2D eigenvalue weighted by molar-refractivity contribution is 6.34. The van der Waals surface area contributed by atoms with Crippen molar-refractivity contribution in [3.05, 3.63) is 64.7 Å². The molecule has 0 aliphatic carbocycles. The van der Waals surface area contributed by atoms with Crippen molar-refractivity contribution in [2.45, 2.75) is 6.61 Å². The van der Waals surface area contributed by atoms with Gasteiger partial charge in [0.15, 0.2) is 5.78 Å². The molecule has 2 rings (SSSR count). The Balaban J connectivity index is 2.23. The summed E-state index contributed by atoms with van der Waals surface area (Å²) in [5.41, 5.74) is 0.724. The van der Waals surface area contributed by atoms with Crippen molar-refractivity contribution in [2.24, 2.45) is 0 Å². The fraction of sp³-hybridized carbons (Fsp3) is 0.0714. The SMILES string of the molecule is O=C(c1ccc(OC(F)F)cc1)c1ccccc1Cl. The van der Waals surface area contributed by atoms with Crippen LogP contribution in [0.5, 0.6) is 5.75 Å². The normalized spacial score (nSPS) is 10.5. The first kappa shape index (κ1) is 13.5. The maximum atomic E-state index is 12.1. The monoisotopic (exact) mass is 282 g/mol. The van der Waals surface area contributed by atoms with Crippen LogP contribution in [0.1, 0.15) is 15.9 Å². The summed E-state index contributed by atoms with van der Waals surface area (Å²) in [7, 11) is 0. The van der Waals surface area contributed by atoms with E-state index in [9.17, 15) is 13.6 Å².